The van der Waals surface area contributed by atoms with Crippen LogP contribution in [-0.2, 0) is 4.79 Å². The molecule has 5 nitrogen and oxygen atoms in total. The van der Waals surface area contributed by atoms with Crippen LogP contribution in [0.2, 0.25) is 0 Å². The number of carboxylic acids is 1. The SMILES string of the molecule is CC(C)C[C@H](CNC(=O)NCCC(F)(F)F)CC(=O)O. The standard InChI is InChI=1S/C12H21F3N2O3/c1-8(2)5-9(6-10(18)19)7-17-11(20)16-4-3-12(13,14)15/h8-9H,3-7H2,1-2H3,(H,18,19)(H2,16,17,20)/t9-/m0/s1. The number of halogens is 3. The summed E-state index contributed by atoms with van der Waals surface area (Å²) in [5, 5.41) is 13.2. The Hall–Kier alpha value is -1.47. The molecule has 0 saturated carbocycles. The lowest BCUT2D eigenvalue weighted by molar-refractivity contribution is -0.138. The lowest BCUT2D eigenvalue weighted by Crippen LogP contribution is -2.40. The van der Waals surface area contributed by atoms with Gasteiger partial charge in [-0.1, -0.05) is 13.8 Å². The van der Waals surface area contributed by atoms with Gasteiger partial charge in [-0.3, -0.25) is 4.79 Å². The molecule has 0 aliphatic rings. The average molecular weight is 298 g/mol. The fourth-order valence-electron chi connectivity index (χ4n) is 1.77. The van der Waals surface area contributed by atoms with Crippen molar-refractivity contribution in [2.75, 3.05) is 13.1 Å². The van der Waals surface area contributed by atoms with Gasteiger partial charge in [0, 0.05) is 19.5 Å². The number of hydrogen-bond donors (Lipinski definition) is 3. The third-order valence-electron chi connectivity index (χ3n) is 2.51. The summed E-state index contributed by atoms with van der Waals surface area (Å²) in [5.41, 5.74) is 0. The van der Waals surface area contributed by atoms with E-state index in [1.165, 1.54) is 0 Å². The highest BCUT2D eigenvalue weighted by molar-refractivity contribution is 5.74. The smallest absolute Gasteiger partial charge is 0.390 e. The zero-order valence-electron chi connectivity index (χ0n) is 11.6. The first-order valence-electron chi connectivity index (χ1n) is 6.40. The van der Waals surface area contributed by atoms with E-state index in [0.29, 0.717) is 6.42 Å². The van der Waals surface area contributed by atoms with Gasteiger partial charge in [-0.2, -0.15) is 13.2 Å². The van der Waals surface area contributed by atoms with Crippen molar-refractivity contribution in [2.24, 2.45) is 11.8 Å². The molecule has 0 aliphatic carbocycles. The summed E-state index contributed by atoms with van der Waals surface area (Å²) in [5.74, 6) is -0.926. The number of urea groups is 1. The molecule has 0 heterocycles. The maximum absolute atomic E-state index is 11.9. The number of aliphatic carboxylic acids is 1. The molecule has 0 radical (unpaired) electrons. The molecule has 8 heteroatoms. The van der Waals surface area contributed by atoms with Crippen LogP contribution in [0, 0.1) is 11.8 Å². The van der Waals surface area contributed by atoms with Crippen LogP contribution in [0.25, 0.3) is 0 Å². The highest BCUT2D eigenvalue weighted by atomic mass is 19.4. The quantitative estimate of drug-likeness (QED) is 0.643. The van der Waals surface area contributed by atoms with Crippen LogP contribution in [0.5, 0.6) is 0 Å². The van der Waals surface area contributed by atoms with Crippen LogP contribution in [0.1, 0.15) is 33.1 Å². The first-order chi connectivity index (χ1) is 9.10. The fourth-order valence-corrected chi connectivity index (χ4v) is 1.77. The third-order valence-corrected chi connectivity index (χ3v) is 2.51. The Balaban J connectivity index is 4.01. The summed E-state index contributed by atoms with van der Waals surface area (Å²) in [4.78, 5) is 21.9. The number of rotatable bonds is 8. The van der Waals surface area contributed by atoms with Crippen molar-refractivity contribution in [3.05, 3.63) is 0 Å². The topological polar surface area (TPSA) is 78.4 Å². The van der Waals surface area contributed by atoms with Gasteiger partial charge in [0.15, 0.2) is 0 Å². The van der Waals surface area contributed by atoms with Crippen molar-refractivity contribution in [2.45, 2.75) is 39.3 Å². The second-order valence-electron chi connectivity index (χ2n) is 5.10. The van der Waals surface area contributed by atoms with Gasteiger partial charge >= 0.3 is 18.2 Å². The number of carbonyl (C=O) groups excluding carboxylic acids is 1. The summed E-state index contributed by atoms with van der Waals surface area (Å²) >= 11 is 0. The number of hydrogen-bond acceptors (Lipinski definition) is 2. The Bertz CT molecular complexity index is 320. The first kappa shape index (κ1) is 18.5. The molecular weight excluding hydrogens is 277 g/mol. The Kier molecular flexibility index (Phi) is 8.02. The Morgan fingerprint density at radius 3 is 2.25 bits per heavy atom. The van der Waals surface area contributed by atoms with Gasteiger partial charge in [-0.25, -0.2) is 4.79 Å². The number of amides is 2. The van der Waals surface area contributed by atoms with Gasteiger partial charge in [0.05, 0.1) is 6.42 Å². The molecule has 0 rings (SSSR count). The van der Waals surface area contributed by atoms with Gasteiger partial charge in [0.1, 0.15) is 0 Å². The monoisotopic (exact) mass is 298 g/mol. The molecule has 0 spiro atoms. The minimum absolute atomic E-state index is 0.0823. The zero-order valence-corrected chi connectivity index (χ0v) is 11.6. The number of carboxylic acid groups (broad SMARTS) is 1. The summed E-state index contributed by atoms with van der Waals surface area (Å²) in [7, 11) is 0. The van der Waals surface area contributed by atoms with Crippen molar-refractivity contribution in [1.29, 1.82) is 0 Å². The van der Waals surface area contributed by atoms with Crippen molar-refractivity contribution in [1.82, 2.24) is 10.6 Å². The molecule has 0 unspecified atom stereocenters. The molecule has 3 N–H and O–H groups in total. The molecular formula is C12H21F3N2O3. The lowest BCUT2D eigenvalue weighted by Gasteiger charge is -2.18. The minimum atomic E-state index is -4.31. The van der Waals surface area contributed by atoms with E-state index in [0.717, 1.165) is 0 Å². The van der Waals surface area contributed by atoms with Crippen molar-refractivity contribution >= 4 is 12.0 Å². The van der Waals surface area contributed by atoms with Gasteiger partial charge in [0.25, 0.3) is 0 Å². The van der Waals surface area contributed by atoms with Crippen LogP contribution >= 0.6 is 0 Å². The summed E-state index contributed by atoms with van der Waals surface area (Å²) in [6, 6.07) is -0.714. The summed E-state index contributed by atoms with van der Waals surface area (Å²) in [6.07, 6.45) is -4.86. The molecule has 0 aromatic rings. The van der Waals surface area contributed by atoms with E-state index in [1.54, 1.807) is 0 Å². The highest BCUT2D eigenvalue weighted by Crippen LogP contribution is 2.18. The Labute approximate surface area is 115 Å². The van der Waals surface area contributed by atoms with E-state index >= 15 is 0 Å². The van der Waals surface area contributed by atoms with Crippen LogP contribution in [0.15, 0.2) is 0 Å². The molecule has 1 atom stereocenters. The maximum Gasteiger partial charge on any atom is 0.390 e. The van der Waals surface area contributed by atoms with Crippen LogP contribution in [0.4, 0.5) is 18.0 Å². The lowest BCUT2D eigenvalue weighted by atomic mass is 9.94. The number of alkyl halides is 3. The highest BCUT2D eigenvalue weighted by Gasteiger charge is 2.26. The van der Waals surface area contributed by atoms with Gasteiger partial charge in [0.2, 0.25) is 0 Å². The molecule has 0 fully saturated rings. The molecule has 118 valence electrons. The normalized spacial score (nSPS) is 13.1. The molecule has 0 aromatic carbocycles. The van der Waals surface area contributed by atoms with Gasteiger partial charge < -0.3 is 15.7 Å². The van der Waals surface area contributed by atoms with Crippen LogP contribution in [-0.4, -0.2) is 36.4 Å². The summed E-state index contributed by atoms with van der Waals surface area (Å²) < 4.78 is 35.6. The largest absolute Gasteiger partial charge is 0.481 e. The summed E-state index contributed by atoms with van der Waals surface area (Å²) in [6.45, 7) is 3.49. The fraction of sp³-hybridized carbons (Fsp3) is 0.833. The molecule has 0 aliphatic heterocycles. The predicted octanol–water partition coefficient (Wildman–Crippen LogP) is 2.38. The van der Waals surface area contributed by atoms with Crippen LogP contribution in [0.3, 0.4) is 0 Å². The molecule has 20 heavy (non-hydrogen) atoms. The molecule has 0 aromatic heterocycles. The number of nitrogens with one attached hydrogen (secondary N) is 2. The zero-order chi connectivity index (χ0) is 15.8. The Morgan fingerprint density at radius 2 is 1.80 bits per heavy atom. The first-order valence-corrected chi connectivity index (χ1v) is 6.40. The second-order valence-corrected chi connectivity index (χ2v) is 5.10. The van der Waals surface area contributed by atoms with E-state index in [2.05, 4.69) is 10.6 Å². The predicted molar refractivity (Wildman–Crippen MR) is 67.3 cm³/mol. The van der Waals surface area contributed by atoms with E-state index in [9.17, 15) is 22.8 Å². The van der Waals surface area contributed by atoms with E-state index in [4.69, 9.17) is 5.11 Å². The molecule has 0 bridgehead atoms. The third kappa shape index (κ3) is 11.6. The van der Waals surface area contributed by atoms with E-state index in [-0.39, 0.29) is 24.8 Å². The van der Waals surface area contributed by atoms with Crippen molar-refractivity contribution in [3.63, 3.8) is 0 Å². The van der Waals surface area contributed by atoms with Crippen LogP contribution < -0.4 is 10.6 Å². The maximum atomic E-state index is 11.9. The molecule has 2 amide bonds. The Morgan fingerprint density at radius 1 is 1.20 bits per heavy atom. The minimum Gasteiger partial charge on any atom is -0.481 e. The van der Waals surface area contributed by atoms with E-state index < -0.39 is 31.1 Å². The van der Waals surface area contributed by atoms with Gasteiger partial charge in [-0.05, 0) is 18.3 Å². The molecule has 0 saturated heterocycles. The van der Waals surface area contributed by atoms with Crippen molar-refractivity contribution in [3.8, 4) is 0 Å². The average Bonchev–Trinajstić information content (AvgIpc) is 2.22. The number of carbonyl (C=O) groups is 2. The van der Waals surface area contributed by atoms with E-state index in [1.807, 2.05) is 13.8 Å². The van der Waals surface area contributed by atoms with Crippen molar-refractivity contribution < 1.29 is 27.9 Å². The van der Waals surface area contributed by atoms with Gasteiger partial charge in [-0.15, -0.1) is 0 Å². The second kappa shape index (κ2) is 8.65.